The number of aliphatic hydroxyl groups excluding tert-OH is 1. The first-order valence-electron chi connectivity index (χ1n) is 4.00. The fourth-order valence-corrected chi connectivity index (χ4v) is 1.07. The van der Waals surface area contributed by atoms with E-state index in [1.165, 1.54) is 12.1 Å². The summed E-state index contributed by atoms with van der Waals surface area (Å²) < 4.78 is 0. The van der Waals surface area contributed by atoms with Crippen LogP contribution in [0, 0.1) is 0 Å². The maximum atomic E-state index is 9.34. The Kier molecular flexibility index (Phi) is 3.11. The highest BCUT2D eigenvalue weighted by molar-refractivity contribution is 5.39. The fourth-order valence-electron chi connectivity index (χ4n) is 1.07. The van der Waals surface area contributed by atoms with E-state index in [2.05, 4.69) is 0 Å². The molecule has 0 bridgehead atoms. The average molecular weight is 183 g/mol. The van der Waals surface area contributed by atoms with E-state index in [4.69, 9.17) is 15.9 Å². The van der Waals surface area contributed by atoms with Crippen molar-refractivity contribution < 1.29 is 15.3 Å². The summed E-state index contributed by atoms with van der Waals surface area (Å²) in [5, 5.41) is 27.0. The van der Waals surface area contributed by atoms with Crippen molar-refractivity contribution in [3.05, 3.63) is 23.8 Å². The molecule has 0 aliphatic rings. The van der Waals surface area contributed by atoms with E-state index in [9.17, 15) is 5.11 Å². The van der Waals surface area contributed by atoms with Gasteiger partial charge in [-0.25, -0.2) is 0 Å². The number of phenolic OH excluding ortho intramolecular Hbond substituents is 2. The molecule has 1 unspecified atom stereocenters. The minimum absolute atomic E-state index is 0.00361. The molecule has 4 heteroatoms. The monoisotopic (exact) mass is 183 g/mol. The van der Waals surface area contributed by atoms with Crippen molar-refractivity contribution in [2.45, 2.75) is 12.5 Å². The summed E-state index contributed by atoms with van der Waals surface area (Å²) in [6.07, 6.45) is 0.391. The van der Waals surface area contributed by atoms with Gasteiger partial charge in [0.1, 0.15) is 11.5 Å². The van der Waals surface area contributed by atoms with Crippen molar-refractivity contribution >= 4 is 0 Å². The summed E-state index contributed by atoms with van der Waals surface area (Å²) in [6, 6.07) is 3.93. The van der Waals surface area contributed by atoms with Crippen LogP contribution >= 0.6 is 0 Å². The van der Waals surface area contributed by atoms with Gasteiger partial charge < -0.3 is 21.1 Å². The third-order valence-corrected chi connectivity index (χ3v) is 1.79. The van der Waals surface area contributed by atoms with Gasteiger partial charge in [0.05, 0.1) is 6.61 Å². The van der Waals surface area contributed by atoms with Gasteiger partial charge in [-0.15, -0.1) is 0 Å². The normalized spacial score (nSPS) is 12.8. The highest BCUT2D eigenvalue weighted by Crippen LogP contribution is 2.23. The number of rotatable bonds is 3. The summed E-state index contributed by atoms with van der Waals surface area (Å²) in [7, 11) is 0. The smallest absolute Gasteiger partial charge is 0.122 e. The number of hydrogen-bond donors (Lipinski definition) is 4. The molecular weight excluding hydrogens is 170 g/mol. The first kappa shape index (κ1) is 9.83. The predicted molar refractivity (Wildman–Crippen MR) is 48.5 cm³/mol. The zero-order valence-corrected chi connectivity index (χ0v) is 7.14. The molecule has 1 rings (SSSR count). The quantitative estimate of drug-likeness (QED) is 0.529. The number of aliphatic hydroxyl groups is 1. The molecule has 0 radical (unpaired) electrons. The molecule has 1 aromatic carbocycles. The van der Waals surface area contributed by atoms with Gasteiger partial charge in [0.2, 0.25) is 0 Å². The summed E-state index contributed by atoms with van der Waals surface area (Å²) in [6.45, 7) is -0.125. The van der Waals surface area contributed by atoms with Gasteiger partial charge in [0.25, 0.3) is 0 Å². The first-order valence-corrected chi connectivity index (χ1v) is 4.00. The zero-order valence-electron chi connectivity index (χ0n) is 7.14. The minimum Gasteiger partial charge on any atom is -0.508 e. The van der Waals surface area contributed by atoms with Crippen LogP contribution in [-0.2, 0) is 6.42 Å². The van der Waals surface area contributed by atoms with E-state index in [0.717, 1.165) is 0 Å². The maximum Gasteiger partial charge on any atom is 0.122 e. The summed E-state index contributed by atoms with van der Waals surface area (Å²) in [4.78, 5) is 0. The second-order valence-corrected chi connectivity index (χ2v) is 2.96. The number of benzene rings is 1. The molecule has 13 heavy (non-hydrogen) atoms. The number of phenols is 2. The standard InChI is InChI=1S/C9H13NO3/c10-7(5-11)3-6-1-2-8(12)4-9(6)13/h1-2,4,7,11-13H,3,5,10H2. The highest BCUT2D eigenvalue weighted by Gasteiger charge is 2.06. The Morgan fingerprint density at radius 2 is 2.00 bits per heavy atom. The maximum absolute atomic E-state index is 9.34. The molecule has 0 saturated heterocycles. The fraction of sp³-hybridized carbons (Fsp3) is 0.333. The lowest BCUT2D eigenvalue weighted by atomic mass is 10.1. The Labute approximate surface area is 76.2 Å². The van der Waals surface area contributed by atoms with Crippen molar-refractivity contribution in [2.75, 3.05) is 6.61 Å². The molecule has 0 aromatic heterocycles. The van der Waals surface area contributed by atoms with E-state index in [1.807, 2.05) is 0 Å². The Hall–Kier alpha value is -1.26. The lowest BCUT2D eigenvalue weighted by molar-refractivity contribution is 0.264. The van der Waals surface area contributed by atoms with Crippen molar-refractivity contribution in [3.8, 4) is 11.5 Å². The average Bonchev–Trinajstić information content (AvgIpc) is 2.09. The van der Waals surface area contributed by atoms with Crippen LogP contribution < -0.4 is 5.73 Å². The molecular formula is C9H13NO3. The van der Waals surface area contributed by atoms with Gasteiger partial charge in [-0.3, -0.25) is 0 Å². The molecule has 0 aliphatic heterocycles. The molecule has 4 nitrogen and oxygen atoms in total. The van der Waals surface area contributed by atoms with Crippen molar-refractivity contribution in [3.63, 3.8) is 0 Å². The molecule has 0 fully saturated rings. The number of aromatic hydroxyl groups is 2. The molecule has 5 N–H and O–H groups in total. The van der Waals surface area contributed by atoms with Crippen LogP contribution in [0.2, 0.25) is 0 Å². The largest absolute Gasteiger partial charge is 0.508 e. The van der Waals surface area contributed by atoms with Gasteiger partial charge in [0, 0.05) is 12.1 Å². The third-order valence-electron chi connectivity index (χ3n) is 1.79. The number of hydrogen-bond acceptors (Lipinski definition) is 4. The number of nitrogens with two attached hydrogens (primary N) is 1. The van der Waals surface area contributed by atoms with Crippen LogP contribution in [0.3, 0.4) is 0 Å². The zero-order chi connectivity index (χ0) is 9.84. The lowest BCUT2D eigenvalue weighted by Crippen LogP contribution is -2.26. The van der Waals surface area contributed by atoms with E-state index in [-0.39, 0.29) is 24.1 Å². The van der Waals surface area contributed by atoms with Crippen molar-refractivity contribution in [1.82, 2.24) is 0 Å². The summed E-state index contributed by atoms with van der Waals surface area (Å²) >= 11 is 0. The van der Waals surface area contributed by atoms with Gasteiger partial charge in [0.15, 0.2) is 0 Å². The molecule has 0 aliphatic carbocycles. The van der Waals surface area contributed by atoms with Gasteiger partial charge in [-0.05, 0) is 18.1 Å². The Bertz CT molecular complexity index is 288. The minimum atomic E-state index is -0.379. The third kappa shape index (κ3) is 2.61. The van der Waals surface area contributed by atoms with E-state index in [1.54, 1.807) is 6.07 Å². The van der Waals surface area contributed by atoms with Crippen LogP contribution in [-0.4, -0.2) is 28.0 Å². The summed E-state index contributed by atoms with van der Waals surface area (Å²) in [5.74, 6) is 0.0164. The molecule has 0 heterocycles. The lowest BCUT2D eigenvalue weighted by Gasteiger charge is -2.09. The van der Waals surface area contributed by atoms with Crippen LogP contribution in [0.15, 0.2) is 18.2 Å². The summed E-state index contributed by atoms with van der Waals surface area (Å²) in [5.41, 5.74) is 6.11. The van der Waals surface area contributed by atoms with Crippen LogP contribution in [0.1, 0.15) is 5.56 Å². The van der Waals surface area contributed by atoms with Gasteiger partial charge in [-0.2, -0.15) is 0 Å². The van der Waals surface area contributed by atoms with Crippen molar-refractivity contribution in [2.24, 2.45) is 5.73 Å². The van der Waals surface area contributed by atoms with Crippen LogP contribution in [0.5, 0.6) is 11.5 Å². The second kappa shape index (κ2) is 4.11. The topological polar surface area (TPSA) is 86.7 Å². The molecule has 1 aromatic rings. The molecule has 1 atom stereocenters. The molecule has 72 valence electrons. The Morgan fingerprint density at radius 1 is 1.31 bits per heavy atom. The first-order chi connectivity index (χ1) is 6.13. The van der Waals surface area contributed by atoms with Crippen LogP contribution in [0.25, 0.3) is 0 Å². The molecule has 0 amide bonds. The molecule has 0 spiro atoms. The van der Waals surface area contributed by atoms with Crippen LogP contribution in [0.4, 0.5) is 0 Å². The second-order valence-electron chi connectivity index (χ2n) is 2.96. The van der Waals surface area contributed by atoms with Gasteiger partial charge >= 0.3 is 0 Å². The predicted octanol–water partition coefficient (Wildman–Crippen LogP) is -0.0401. The SMILES string of the molecule is NC(CO)Cc1ccc(O)cc1O. The molecule has 0 saturated carbocycles. The van der Waals surface area contributed by atoms with E-state index >= 15 is 0 Å². The Balaban J connectivity index is 2.77. The highest BCUT2D eigenvalue weighted by atomic mass is 16.3. The van der Waals surface area contributed by atoms with E-state index in [0.29, 0.717) is 12.0 Å². The van der Waals surface area contributed by atoms with Gasteiger partial charge in [-0.1, -0.05) is 6.07 Å². The van der Waals surface area contributed by atoms with E-state index < -0.39 is 0 Å². The van der Waals surface area contributed by atoms with Crippen molar-refractivity contribution in [1.29, 1.82) is 0 Å². The Morgan fingerprint density at radius 3 is 2.54 bits per heavy atom.